The van der Waals surface area contributed by atoms with Crippen LogP contribution in [0.5, 0.6) is 0 Å². The van der Waals surface area contributed by atoms with Crippen LogP contribution in [0.2, 0.25) is 0 Å². The SMILES string of the molecule is CC.CCNCC1CC(C)C1C. The van der Waals surface area contributed by atoms with Crippen LogP contribution >= 0.6 is 0 Å². The summed E-state index contributed by atoms with van der Waals surface area (Å²) in [6.07, 6.45) is 1.44. The number of nitrogens with one attached hydrogen (secondary N) is 1. The Morgan fingerprint density at radius 1 is 1.25 bits per heavy atom. The Hall–Kier alpha value is -0.0400. The molecular formula is C11H25N. The van der Waals surface area contributed by atoms with E-state index in [1.54, 1.807) is 0 Å². The molecule has 0 saturated heterocycles. The Morgan fingerprint density at radius 2 is 1.83 bits per heavy atom. The summed E-state index contributed by atoms with van der Waals surface area (Å²) in [4.78, 5) is 0. The minimum atomic E-state index is 0.957. The predicted molar refractivity (Wildman–Crippen MR) is 56.3 cm³/mol. The van der Waals surface area contributed by atoms with Crippen LogP contribution in [-0.2, 0) is 0 Å². The van der Waals surface area contributed by atoms with Gasteiger partial charge in [-0.05, 0) is 37.3 Å². The first-order valence-corrected chi connectivity index (χ1v) is 5.46. The van der Waals surface area contributed by atoms with Crippen molar-refractivity contribution < 1.29 is 0 Å². The van der Waals surface area contributed by atoms with E-state index in [0.717, 1.165) is 24.3 Å². The van der Waals surface area contributed by atoms with Gasteiger partial charge in [0.15, 0.2) is 0 Å². The fourth-order valence-electron chi connectivity index (χ4n) is 1.77. The molecule has 0 aromatic rings. The van der Waals surface area contributed by atoms with Crippen LogP contribution in [0.1, 0.15) is 41.0 Å². The number of hydrogen-bond acceptors (Lipinski definition) is 1. The maximum atomic E-state index is 3.40. The molecule has 12 heavy (non-hydrogen) atoms. The monoisotopic (exact) mass is 171 g/mol. The first-order valence-electron chi connectivity index (χ1n) is 5.46. The molecule has 0 radical (unpaired) electrons. The summed E-state index contributed by atoms with van der Waals surface area (Å²) in [6.45, 7) is 13.3. The highest BCUT2D eigenvalue weighted by molar-refractivity contribution is 4.84. The van der Waals surface area contributed by atoms with Gasteiger partial charge in [0.25, 0.3) is 0 Å². The van der Waals surface area contributed by atoms with Gasteiger partial charge in [0.05, 0.1) is 0 Å². The van der Waals surface area contributed by atoms with E-state index in [1.165, 1.54) is 13.0 Å². The van der Waals surface area contributed by atoms with Gasteiger partial charge in [-0.1, -0.05) is 34.6 Å². The van der Waals surface area contributed by atoms with E-state index in [-0.39, 0.29) is 0 Å². The first-order chi connectivity index (χ1) is 5.75. The third kappa shape index (κ3) is 3.14. The molecule has 1 saturated carbocycles. The summed E-state index contributed by atoms with van der Waals surface area (Å²) >= 11 is 0. The predicted octanol–water partition coefficient (Wildman–Crippen LogP) is 2.91. The molecular weight excluding hydrogens is 146 g/mol. The van der Waals surface area contributed by atoms with E-state index < -0.39 is 0 Å². The van der Waals surface area contributed by atoms with Crippen molar-refractivity contribution in [2.24, 2.45) is 17.8 Å². The third-order valence-corrected chi connectivity index (χ3v) is 2.97. The first kappa shape index (κ1) is 12.0. The summed E-state index contributed by atoms with van der Waals surface area (Å²) in [5.74, 6) is 2.90. The zero-order valence-corrected chi connectivity index (χ0v) is 9.35. The second kappa shape index (κ2) is 6.47. The maximum absolute atomic E-state index is 3.40. The van der Waals surface area contributed by atoms with Crippen molar-refractivity contribution in [3.63, 3.8) is 0 Å². The van der Waals surface area contributed by atoms with E-state index >= 15 is 0 Å². The van der Waals surface area contributed by atoms with Crippen molar-refractivity contribution in [3.05, 3.63) is 0 Å². The Balaban J connectivity index is 0.000000561. The highest BCUT2D eigenvalue weighted by Gasteiger charge is 2.33. The van der Waals surface area contributed by atoms with Gasteiger partial charge in [-0.25, -0.2) is 0 Å². The fourth-order valence-corrected chi connectivity index (χ4v) is 1.77. The maximum Gasteiger partial charge on any atom is -0.00179 e. The van der Waals surface area contributed by atoms with Gasteiger partial charge in [0.2, 0.25) is 0 Å². The third-order valence-electron chi connectivity index (χ3n) is 2.97. The van der Waals surface area contributed by atoms with Crippen LogP contribution in [0.15, 0.2) is 0 Å². The largest absolute Gasteiger partial charge is 0.317 e. The zero-order valence-electron chi connectivity index (χ0n) is 9.35. The van der Waals surface area contributed by atoms with Crippen LogP contribution in [-0.4, -0.2) is 13.1 Å². The van der Waals surface area contributed by atoms with Gasteiger partial charge < -0.3 is 5.32 Å². The van der Waals surface area contributed by atoms with E-state index in [2.05, 4.69) is 26.1 Å². The molecule has 1 N–H and O–H groups in total. The standard InChI is InChI=1S/C9H19N.C2H6/c1-4-10-6-9-5-7(2)8(9)3;1-2/h7-10H,4-6H2,1-3H3;1-2H3. The second-order valence-electron chi connectivity index (χ2n) is 3.64. The molecule has 1 rings (SSSR count). The summed E-state index contributed by atoms with van der Waals surface area (Å²) in [6, 6.07) is 0. The molecule has 0 aliphatic heterocycles. The number of hydrogen-bond donors (Lipinski definition) is 1. The van der Waals surface area contributed by atoms with Crippen molar-refractivity contribution in [3.8, 4) is 0 Å². The van der Waals surface area contributed by atoms with E-state index in [4.69, 9.17) is 0 Å². The van der Waals surface area contributed by atoms with Gasteiger partial charge in [-0.3, -0.25) is 0 Å². The zero-order chi connectivity index (χ0) is 9.56. The molecule has 74 valence electrons. The Morgan fingerprint density at radius 3 is 2.17 bits per heavy atom. The Labute approximate surface area is 77.9 Å². The normalized spacial score (nSPS) is 33.2. The molecule has 0 amide bonds. The average molecular weight is 171 g/mol. The fraction of sp³-hybridized carbons (Fsp3) is 1.00. The van der Waals surface area contributed by atoms with Crippen LogP contribution < -0.4 is 5.32 Å². The van der Waals surface area contributed by atoms with Gasteiger partial charge in [0.1, 0.15) is 0 Å². The molecule has 1 aliphatic carbocycles. The molecule has 1 aliphatic rings. The Bertz CT molecular complexity index is 101. The molecule has 1 heteroatoms. The van der Waals surface area contributed by atoms with Crippen LogP contribution in [0.4, 0.5) is 0 Å². The average Bonchev–Trinajstić information content (AvgIpc) is 2.14. The molecule has 0 spiro atoms. The van der Waals surface area contributed by atoms with Crippen molar-refractivity contribution in [2.45, 2.75) is 41.0 Å². The van der Waals surface area contributed by atoms with Crippen molar-refractivity contribution in [1.29, 1.82) is 0 Å². The number of rotatable bonds is 3. The van der Waals surface area contributed by atoms with E-state index in [1.807, 2.05) is 13.8 Å². The van der Waals surface area contributed by atoms with E-state index in [0.29, 0.717) is 0 Å². The summed E-state index contributed by atoms with van der Waals surface area (Å²) in [7, 11) is 0. The van der Waals surface area contributed by atoms with Crippen LogP contribution in [0.3, 0.4) is 0 Å². The minimum Gasteiger partial charge on any atom is -0.317 e. The van der Waals surface area contributed by atoms with Crippen molar-refractivity contribution >= 4 is 0 Å². The van der Waals surface area contributed by atoms with Gasteiger partial charge in [0, 0.05) is 0 Å². The second-order valence-corrected chi connectivity index (χ2v) is 3.64. The summed E-state index contributed by atoms with van der Waals surface area (Å²) < 4.78 is 0. The molecule has 1 fully saturated rings. The molecule has 1 nitrogen and oxygen atoms in total. The smallest absolute Gasteiger partial charge is 0.00179 e. The summed E-state index contributed by atoms with van der Waals surface area (Å²) in [5.41, 5.74) is 0. The highest BCUT2D eigenvalue weighted by atomic mass is 14.9. The lowest BCUT2D eigenvalue weighted by atomic mass is 9.67. The molecule has 0 bridgehead atoms. The van der Waals surface area contributed by atoms with Crippen LogP contribution in [0.25, 0.3) is 0 Å². The quantitative estimate of drug-likeness (QED) is 0.688. The van der Waals surface area contributed by atoms with E-state index in [9.17, 15) is 0 Å². The van der Waals surface area contributed by atoms with Crippen LogP contribution in [0, 0.1) is 17.8 Å². The van der Waals surface area contributed by atoms with Crippen molar-refractivity contribution in [1.82, 2.24) is 5.32 Å². The topological polar surface area (TPSA) is 12.0 Å². The lowest BCUT2D eigenvalue weighted by Gasteiger charge is -2.41. The van der Waals surface area contributed by atoms with Gasteiger partial charge >= 0.3 is 0 Å². The molecule has 3 unspecified atom stereocenters. The Kier molecular flexibility index (Phi) is 6.45. The molecule has 0 aromatic heterocycles. The lowest BCUT2D eigenvalue weighted by Crippen LogP contribution is -2.39. The molecule has 0 heterocycles. The molecule has 3 atom stereocenters. The molecule has 0 aromatic carbocycles. The van der Waals surface area contributed by atoms with Gasteiger partial charge in [-0.2, -0.15) is 0 Å². The minimum absolute atomic E-state index is 0.957. The van der Waals surface area contributed by atoms with Crippen molar-refractivity contribution in [2.75, 3.05) is 13.1 Å². The highest BCUT2D eigenvalue weighted by Crippen LogP contribution is 2.38. The summed E-state index contributed by atoms with van der Waals surface area (Å²) in [5, 5.41) is 3.40. The lowest BCUT2D eigenvalue weighted by molar-refractivity contribution is 0.103. The van der Waals surface area contributed by atoms with Gasteiger partial charge in [-0.15, -0.1) is 0 Å².